The molecule has 116 valence electrons. The fourth-order valence-corrected chi connectivity index (χ4v) is 3.25. The molecule has 0 spiro atoms. The van der Waals surface area contributed by atoms with Crippen LogP contribution in [0.15, 0.2) is 18.2 Å². The van der Waals surface area contributed by atoms with E-state index in [9.17, 15) is 18.0 Å². The zero-order valence-corrected chi connectivity index (χ0v) is 13.2. The molecule has 2 nitrogen and oxygen atoms in total. The Hall–Kier alpha value is -0.360. The van der Waals surface area contributed by atoms with Crippen LogP contribution in [0.4, 0.5) is 18.9 Å². The van der Waals surface area contributed by atoms with Gasteiger partial charge in [0.15, 0.2) is 0 Å². The normalized spacial score (nSPS) is 22.0. The highest BCUT2D eigenvalue weighted by Crippen LogP contribution is 2.43. The Morgan fingerprint density at radius 1 is 1.33 bits per heavy atom. The molecule has 9 heteroatoms. The standard InChI is InChI=1S/C12H8Cl4F3NO/c13-4-6-5-20(10(21)11(6,15)16)7-1-2-9(14)8(3-7)12(17,18)19/h1-3,6H,4-5H2. The van der Waals surface area contributed by atoms with Gasteiger partial charge in [0.05, 0.1) is 10.6 Å². The zero-order valence-electron chi connectivity index (χ0n) is 10.2. The van der Waals surface area contributed by atoms with Crippen molar-refractivity contribution in [3.8, 4) is 0 Å². The average molecular weight is 381 g/mol. The lowest BCUT2D eigenvalue weighted by Crippen LogP contribution is -2.33. The van der Waals surface area contributed by atoms with E-state index >= 15 is 0 Å². The van der Waals surface area contributed by atoms with Crippen LogP contribution in [0.25, 0.3) is 0 Å². The lowest BCUT2D eigenvalue weighted by Gasteiger charge is -2.19. The smallest absolute Gasteiger partial charge is 0.309 e. The SMILES string of the molecule is O=C1N(c2ccc(Cl)c(C(F)(F)F)c2)CC(CCl)C1(Cl)Cl. The summed E-state index contributed by atoms with van der Waals surface area (Å²) in [5, 5.41) is -0.449. The minimum atomic E-state index is -4.62. The van der Waals surface area contributed by atoms with Gasteiger partial charge in [-0.3, -0.25) is 4.79 Å². The highest BCUT2D eigenvalue weighted by Gasteiger charge is 2.52. The summed E-state index contributed by atoms with van der Waals surface area (Å²) in [5.74, 6) is -1.28. The predicted octanol–water partition coefficient (Wildman–Crippen LogP) is 4.73. The summed E-state index contributed by atoms with van der Waals surface area (Å²) in [4.78, 5) is 13.2. The summed E-state index contributed by atoms with van der Waals surface area (Å²) in [5.41, 5.74) is -1.01. The van der Waals surface area contributed by atoms with E-state index in [1.54, 1.807) is 0 Å². The van der Waals surface area contributed by atoms with Crippen LogP contribution in [0.5, 0.6) is 0 Å². The average Bonchev–Trinajstić information content (AvgIpc) is 2.60. The first-order valence-corrected chi connectivity index (χ1v) is 7.38. The Bertz CT molecular complexity index is 576. The van der Waals surface area contributed by atoms with Gasteiger partial charge in [-0.15, -0.1) is 11.6 Å². The number of amides is 1. The van der Waals surface area contributed by atoms with E-state index in [4.69, 9.17) is 46.4 Å². The summed E-state index contributed by atoms with van der Waals surface area (Å²) in [7, 11) is 0. The van der Waals surface area contributed by atoms with Crippen molar-refractivity contribution in [2.24, 2.45) is 5.92 Å². The van der Waals surface area contributed by atoms with Crippen molar-refractivity contribution < 1.29 is 18.0 Å². The van der Waals surface area contributed by atoms with Gasteiger partial charge in [0.1, 0.15) is 0 Å². The number of anilines is 1. The number of alkyl halides is 6. The molecule has 1 amide bonds. The van der Waals surface area contributed by atoms with Crippen LogP contribution in [0.1, 0.15) is 5.56 Å². The molecule has 2 rings (SSSR count). The van der Waals surface area contributed by atoms with E-state index in [0.29, 0.717) is 0 Å². The highest BCUT2D eigenvalue weighted by atomic mass is 35.5. The van der Waals surface area contributed by atoms with Gasteiger partial charge in [-0.25, -0.2) is 0 Å². The fourth-order valence-electron chi connectivity index (χ4n) is 2.04. The number of hydrogen-bond donors (Lipinski definition) is 0. The largest absolute Gasteiger partial charge is 0.417 e. The van der Waals surface area contributed by atoms with Crippen LogP contribution in [0.3, 0.4) is 0 Å². The summed E-state index contributed by atoms with van der Waals surface area (Å²) in [6.45, 7) is 0.0360. The second-order valence-electron chi connectivity index (χ2n) is 4.55. The van der Waals surface area contributed by atoms with Crippen LogP contribution < -0.4 is 4.90 Å². The molecular formula is C12H8Cl4F3NO. The second-order valence-corrected chi connectivity index (χ2v) is 6.65. The van der Waals surface area contributed by atoms with Crippen LogP contribution in [0, 0.1) is 5.92 Å². The molecule has 1 saturated heterocycles. The Balaban J connectivity index is 2.43. The van der Waals surface area contributed by atoms with Crippen LogP contribution >= 0.6 is 46.4 Å². The number of halogens is 7. The van der Waals surface area contributed by atoms with E-state index in [-0.39, 0.29) is 18.1 Å². The molecule has 0 saturated carbocycles. The minimum absolute atomic E-state index is 0.00889. The molecule has 1 aromatic rings. The molecule has 0 N–H and O–H groups in total. The van der Waals surface area contributed by atoms with Crippen molar-refractivity contribution in [1.82, 2.24) is 0 Å². The number of benzene rings is 1. The molecule has 1 aromatic carbocycles. The molecule has 1 aliphatic rings. The number of carbonyl (C=O) groups excluding carboxylic acids is 1. The van der Waals surface area contributed by atoms with E-state index in [1.807, 2.05) is 0 Å². The van der Waals surface area contributed by atoms with E-state index in [2.05, 4.69) is 0 Å². The molecule has 1 atom stereocenters. The van der Waals surface area contributed by atoms with Gasteiger partial charge in [-0.05, 0) is 18.2 Å². The van der Waals surface area contributed by atoms with Gasteiger partial charge < -0.3 is 4.90 Å². The quantitative estimate of drug-likeness (QED) is 0.679. The van der Waals surface area contributed by atoms with Crippen molar-refractivity contribution in [2.45, 2.75) is 10.5 Å². The molecule has 21 heavy (non-hydrogen) atoms. The first-order valence-electron chi connectivity index (χ1n) is 5.71. The maximum Gasteiger partial charge on any atom is 0.417 e. The molecule has 0 aliphatic carbocycles. The van der Waals surface area contributed by atoms with E-state index in [0.717, 1.165) is 17.0 Å². The predicted molar refractivity (Wildman–Crippen MR) is 77.5 cm³/mol. The third-order valence-corrected chi connectivity index (χ3v) is 4.84. The van der Waals surface area contributed by atoms with Gasteiger partial charge >= 0.3 is 6.18 Å². The lowest BCUT2D eigenvalue weighted by molar-refractivity contribution is -0.137. The van der Waals surface area contributed by atoms with Crippen LogP contribution in [0.2, 0.25) is 5.02 Å². The maximum absolute atomic E-state index is 12.8. The van der Waals surface area contributed by atoms with Gasteiger partial charge in [0.2, 0.25) is 4.33 Å². The maximum atomic E-state index is 12.8. The third-order valence-electron chi connectivity index (χ3n) is 3.20. The molecule has 0 radical (unpaired) electrons. The Morgan fingerprint density at radius 2 is 1.95 bits per heavy atom. The van der Waals surface area contributed by atoms with Gasteiger partial charge in [-0.2, -0.15) is 13.2 Å². The Kier molecular flexibility index (Phi) is 4.60. The molecule has 1 aliphatic heterocycles. The van der Waals surface area contributed by atoms with E-state index in [1.165, 1.54) is 6.07 Å². The molecule has 1 fully saturated rings. The minimum Gasteiger partial charge on any atom is -0.309 e. The second kappa shape index (κ2) is 5.69. The van der Waals surface area contributed by atoms with Gasteiger partial charge in [0, 0.05) is 24.0 Å². The van der Waals surface area contributed by atoms with Crippen molar-refractivity contribution in [1.29, 1.82) is 0 Å². The molecule has 0 bridgehead atoms. The highest BCUT2D eigenvalue weighted by molar-refractivity contribution is 6.60. The molecule has 1 unspecified atom stereocenters. The molecular weight excluding hydrogens is 373 g/mol. The first-order chi connectivity index (χ1) is 9.59. The summed E-state index contributed by atoms with van der Waals surface area (Å²) in [6.07, 6.45) is -4.62. The summed E-state index contributed by atoms with van der Waals surface area (Å²) in [6, 6.07) is 3.17. The summed E-state index contributed by atoms with van der Waals surface area (Å²) >= 11 is 23.1. The Morgan fingerprint density at radius 3 is 2.43 bits per heavy atom. The summed E-state index contributed by atoms with van der Waals surface area (Å²) < 4.78 is 36.8. The van der Waals surface area contributed by atoms with Crippen LogP contribution in [-0.2, 0) is 11.0 Å². The van der Waals surface area contributed by atoms with Crippen molar-refractivity contribution >= 4 is 58.0 Å². The third kappa shape index (κ3) is 3.07. The first kappa shape index (κ1) is 17.0. The fraction of sp³-hybridized carbons (Fsp3) is 0.417. The number of carbonyl (C=O) groups is 1. The van der Waals surface area contributed by atoms with Crippen molar-refractivity contribution in [3.63, 3.8) is 0 Å². The number of rotatable bonds is 2. The Labute approximate surface area is 138 Å². The molecule has 1 heterocycles. The van der Waals surface area contributed by atoms with E-state index < -0.39 is 32.9 Å². The number of hydrogen-bond acceptors (Lipinski definition) is 1. The zero-order chi connectivity index (χ0) is 16.0. The van der Waals surface area contributed by atoms with Gasteiger partial charge in [-0.1, -0.05) is 34.8 Å². The van der Waals surface area contributed by atoms with Crippen LogP contribution in [-0.4, -0.2) is 22.7 Å². The van der Waals surface area contributed by atoms with Crippen molar-refractivity contribution in [3.05, 3.63) is 28.8 Å². The number of nitrogens with zero attached hydrogens (tertiary/aromatic N) is 1. The molecule has 0 aromatic heterocycles. The van der Waals surface area contributed by atoms with Gasteiger partial charge in [0.25, 0.3) is 5.91 Å². The lowest BCUT2D eigenvalue weighted by atomic mass is 10.1. The van der Waals surface area contributed by atoms with Crippen molar-refractivity contribution in [2.75, 3.05) is 17.3 Å². The topological polar surface area (TPSA) is 20.3 Å². The monoisotopic (exact) mass is 379 g/mol.